The van der Waals surface area contributed by atoms with E-state index in [1.165, 1.54) is 34.8 Å². The van der Waals surface area contributed by atoms with Gasteiger partial charge >= 0.3 is 5.97 Å². The van der Waals surface area contributed by atoms with Crippen LogP contribution in [-0.4, -0.2) is 18.5 Å². The number of carbonyl (C=O) groups is 2. The van der Waals surface area contributed by atoms with E-state index in [1.54, 1.807) is 24.4 Å². The van der Waals surface area contributed by atoms with Gasteiger partial charge in [-0.25, -0.2) is 9.18 Å². The third kappa shape index (κ3) is 4.17. The number of thiophene rings is 2. The average Bonchev–Trinajstić information content (AvgIpc) is 3.25. The molecular formula is C19H16FNO3S2. The third-order valence-electron chi connectivity index (χ3n) is 3.59. The molecule has 7 heteroatoms. The minimum atomic E-state index is -0.514. The van der Waals surface area contributed by atoms with Crippen molar-refractivity contribution in [2.45, 2.75) is 13.3 Å². The molecule has 0 spiro atoms. The highest BCUT2D eigenvalue weighted by atomic mass is 32.1. The fraction of sp³-hybridized carbons (Fsp3) is 0.158. The fourth-order valence-corrected chi connectivity index (χ4v) is 4.12. The Morgan fingerprint density at radius 2 is 1.92 bits per heavy atom. The SMILES string of the molecule is CCOC(=O)c1c(-c2ccc(F)cc2)csc1NC(=O)Cc1cccs1. The summed E-state index contributed by atoms with van der Waals surface area (Å²) in [5.41, 5.74) is 1.59. The van der Waals surface area contributed by atoms with E-state index in [0.717, 1.165) is 4.88 Å². The van der Waals surface area contributed by atoms with Crippen LogP contribution in [0, 0.1) is 5.82 Å². The van der Waals surface area contributed by atoms with Gasteiger partial charge in [0.25, 0.3) is 0 Å². The molecule has 0 aliphatic rings. The maximum absolute atomic E-state index is 13.2. The van der Waals surface area contributed by atoms with Crippen molar-refractivity contribution in [1.82, 2.24) is 0 Å². The first kappa shape index (κ1) is 18.3. The van der Waals surface area contributed by atoms with Crippen molar-refractivity contribution >= 4 is 39.6 Å². The van der Waals surface area contributed by atoms with Gasteiger partial charge in [0, 0.05) is 15.8 Å². The van der Waals surface area contributed by atoms with Crippen LogP contribution >= 0.6 is 22.7 Å². The van der Waals surface area contributed by atoms with Gasteiger partial charge in [0.2, 0.25) is 5.91 Å². The van der Waals surface area contributed by atoms with E-state index < -0.39 is 5.97 Å². The molecule has 4 nitrogen and oxygen atoms in total. The zero-order valence-electron chi connectivity index (χ0n) is 14.0. The summed E-state index contributed by atoms with van der Waals surface area (Å²) >= 11 is 2.75. The molecule has 3 rings (SSSR count). The van der Waals surface area contributed by atoms with Crippen LogP contribution < -0.4 is 5.32 Å². The van der Waals surface area contributed by atoms with Gasteiger partial charge in [-0.2, -0.15) is 0 Å². The van der Waals surface area contributed by atoms with Crippen LogP contribution in [0.1, 0.15) is 22.2 Å². The minimum Gasteiger partial charge on any atom is -0.462 e. The van der Waals surface area contributed by atoms with E-state index in [-0.39, 0.29) is 24.8 Å². The predicted octanol–water partition coefficient (Wildman–Crippen LogP) is 4.97. The molecule has 134 valence electrons. The molecule has 3 aromatic rings. The van der Waals surface area contributed by atoms with Crippen molar-refractivity contribution in [3.8, 4) is 11.1 Å². The topological polar surface area (TPSA) is 55.4 Å². The van der Waals surface area contributed by atoms with Gasteiger partial charge in [0.1, 0.15) is 16.4 Å². The summed E-state index contributed by atoms with van der Waals surface area (Å²) in [6, 6.07) is 9.62. The maximum Gasteiger partial charge on any atom is 0.341 e. The monoisotopic (exact) mass is 389 g/mol. The second-order valence-electron chi connectivity index (χ2n) is 5.39. The zero-order chi connectivity index (χ0) is 18.5. The average molecular weight is 389 g/mol. The summed E-state index contributed by atoms with van der Waals surface area (Å²) in [4.78, 5) is 25.7. The standard InChI is InChI=1S/C19H16FNO3S2/c1-2-24-19(23)17-15(12-5-7-13(20)8-6-12)11-26-18(17)21-16(22)10-14-4-3-9-25-14/h3-9,11H,2,10H2,1H3,(H,21,22). The molecule has 0 aliphatic carbocycles. The van der Waals surface area contributed by atoms with Crippen LogP contribution in [0.5, 0.6) is 0 Å². The molecule has 1 N–H and O–H groups in total. The van der Waals surface area contributed by atoms with Crippen molar-refractivity contribution in [2.24, 2.45) is 0 Å². The summed E-state index contributed by atoms with van der Waals surface area (Å²) in [6.45, 7) is 1.94. The van der Waals surface area contributed by atoms with Crippen LogP contribution in [0.2, 0.25) is 0 Å². The number of ether oxygens (including phenoxy) is 1. The van der Waals surface area contributed by atoms with Gasteiger partial charge in [0.15, 0.2) is 0 Å². The van der Waals surface area contributed by atoms with Crippen molar-refractivity contribution in [2.75, 3.05) is 11.9 Å². The number of nitrogens with one attached hydrogen (secondary N) is 1. The number of anilines is 1. The summed E-state index contributed by atoms with van der Waals surface area (Å²) in [5, 5.41) is 6.91. The molecule has 0 fully saturated rings. The van der Waals surface area contributed by atoms with Crippen molar-refractivity contribution in [1.29, 1.82) is 0 Å². The highest BCUT2D eigenvalue weighted by molar-refractivity contribution is 7.15. The Hall–Kier alpha value is -2.51. The lowest BCUT2D eigenvalue weighted by molar-refractivity contribution is -0.115. The van der Waals surface area contributed by atoms with E-state index in [4.69, 9.17) is 4.74 Å². The molecule has 0 radical (unpaired) electrons. The predicted molar refractivity (Wildman–Crippen MR) is 102 cm³/mol. The smallest absolute Gasteiger partial charge is 0.341 e. The van der Waals surface area contributed by atoms with E-state index in [9.17, 15) is 14.0 Å². The van der Waals surface area contributed by atoms with E-state index in [0.29, 0.717) is 21.7 Å². The minimum absolute atomic E-state index is 0.203. The number of benzene rings is 1. The number of hydrogen-bond acceptors (Lipinski definition) is 5. The number of esters is 1. The second kappa shape index (κ2) is 8.25. The Kier molecular flexibility index (Phi) is 5.80. The number of halogens is 1. The third-order valence-corrected chi connectivity index (χ3v) is 5.37. The van der Waals surface area contributed by atoms with Crippen molar-refractivity contribution < 1.29 is 18.7 Å². The van der Waals surface area contributed by atoms with Crippen LogP contribution in [0.3, 0.4) is 0 Å². The summed E-state index contributed by atoms with van der Waals surface area (Å²) in [6.07, 6.45) is 0.240. The Balaban J connectivity index is 1.90. The Labute approximate surface area is 158 Å². The van der Waals surface area contributed by atoms with Gasteiger partial charge in [-0.05, 0) is 36.1 Å². The van der Waals surface area contributed by atoms with Crippen LogP contribution in [0.15, 0.2) is 47.2 Å². The Bertz CT molecular complexity index is 902. The quantitative estimate of drug-likeness (QED) is 0.606. The second-order valence-corrected chi connectivity index (χ2v) is 7.30. The highest BCUT2D eigenvalue weighted by Gasteiger charge is 2.23. The molecule has 26 heavy (non-hydrogen) atoms. The molecule has 0 saturated carbocycles. The zero-order valence-corrected chi connectivity index (χ0v) is 15.6. The van der Waals surface area contributed by atoms with E-state index in [1.807, 2.05) is 17.5 Å². The molecule has 0 bridgehead atoms. The lowest BCUT2D eigenvalue weighted by Crippen LogP contribution is -2.16. The van der Waals surface area contributed by atoms with Gasteiger partial charge in [0.05, 0.1) is 13.0 Å². The van der Waals surface area contributed by atoms with Gasteiger partial charge in [-0.1, -0.05) is 18.2 Å². The molecule has 2 aromatic heterocycles. The number of carbonyl (C=O) groups excluding carboxylic acids is 2. The molecule has 1 aromatic carbocycles. The molecule has 0 saturated heterocycles. The molecular weight excluding hydrogens is 373 g/mol. The van der Waals surface area contributed by atoms with Crippen LogP contribution in [0.25, 0.3) is 11.1 Å². The first-order chi connectivity index (χ1) is 12.6. The van der Waals surface area contributed by atoms with Crippen molar-refractivity contribution in [3.63, 3.8) is 0 Å². The summed E-state index contributed by atoms with van der Waals surface area (Å²) in [5.74, 6) is -1.07. The first-order valence-corrected chi connectivity index (χ1v) is 9.71. The van der Waals surface area contributed by atoms with E-state index in [2.05, 4.69) is 5.32 Å². The first-order valence-electron chi connectivity index (χ1n) is 7.95. The number of amides is 1. The van der Waals surface area contributed by atoms with Gasteiger partial charge in [-0.15, -0.1) is 22.7 Å². The normalized spacial score (nSPS) is 10.5. The molecule has 1 amide bonds. The highest BCUT2D eigenvalue weighted by Crippen LogP contribution is 2.36. The number of rotatable bonds is 6. The molecule has 0 atom stereocenters. The number of hydrogen-bond donors (Lipinski definition) is 1. The largest absolute Gasteiger partial charge is 0.462 e. The Morgan fingerprint density at radius 1 is 1.15 bits per heavy atom. The maximum atomic E-state index is 13.2. The van der Waals surface area contributed by atoms with Gasteiger partial charge < -0.3 is 10.1 Å². The Morgan fingerprint density at radius 3 is 2.58 bits per heavy atom. The molecule has 0 unspecified atom stereocenters. The van der Waals surface area contributed by atoms with E-state index >= 15 is 0 Å². The van der Waals surface area contributed by atoms with Gasteiger partial charge in [-0.3, -0.25) is 4.79 Å². The lowest BCUT2D eigenvalue weighted by Gasteiger charge is -2.08. The fourth-order valence-electron chi connectivity index (χ4n) is 2.44. The van der Waals surface area contributed by atoms with Crippen LogP contribution in [-0.2, 0) is 16.0 Å². The van der Waals surface area contributed by atoms with Crippen LogP contribution in [0.4, 0.5) is 9.39 Å². The molecule has 0 aliphatic heterocycles. The summed E-state index contributed by atoms with van der Waals surface area (Å²) in [7, 11) is 0. The lowest BCUT2D eigenvalue weighted by atomic mass is 10.0. The van der Waals surface area contributed by atoms with Crippen molar-refractivity contribution in [3.05, 3.63) is 63.4 Å². The molecule has 2 heterocycles. The summed E-state index contributed by atoms with van der Waals surface area (Å²) < 4.78 is 18.3.